The number of hydrogen-bond acceptors (Lipinski definition) is 4. The molecule has 0 aliphatic carbocycles. The number of nitrogens with zero attached hydrogens (tertiary/aromatic N) is 2. The summed E-state index contributed by atoms with van der Waals surface area (Å²) in [6, 6.07) is 11.9. The van der Waals surface area contributed by atoms with E-state index in [1.54, 1.807) is 12.1 Å². The predicted molar refractivity (Wildman–Crippen MR) is 95.5 cm³/mol. The van der Waals surface area contributed by atoms with E-state index in [-0.39, 0.29) is 13.1 Å². The Labute approximate surface area is 160 Å². The number of benzene rings is 2. The molecule has 0 spiro atoms. The summed E-state index contributed by atoms with van der Waals surface area (Å²) in [6.45, 7) is 1.10. The number of ether oxygens (including phenoxy) is 1. The van der Waals surface area contributed by atoms with Gasteiger partial charge in [0.15, 0.2) is 0 Å². The normalized spacial score (nSPS) is 16.4. The highest BCUT2D eigenvalue weighted by molar-refractivity contribution is 7.89. The Morgan fingerprint density at radius 1 is 0.926 bits per heavy atom. The van der Waals surface area contributed by atoms with Gasteiger partial charge in [-0.1, -0.05) is 23.7 Å². The van der Waals surface area contributed by atoms with Gasteiger partial charge in [-0.3, -0.25) is 0 Å². The van der Waals surface area contributed by atoms with Gasteiger partial charge in [-0.25, -0.2) is 8.42 Å². The molecule has 2 aromatic rings. The second-order valence-corrected chi connectivity index (χ2v) is 8.20. The lowest BCUT2D eigenvalue weighted by Crippen LogP contribution is -2.48. The molecule has 146 valence electrons. The summed E-state index contributed by atoms with van der Waals surface area (Å²) in [5.41, 5.74) is 0.900. The molecular weight excluding hydrogens is 405 g/mol. The van der Waals surface area contributed by atoms with Crippen molar-refractivity contribution in [2.24, 2.45) is 0 Å². The lowest BCUT2D eigenvalue weighted by atomic mass is 10.2. The number of sulfonamides is 1. The summed E-state index contributed by atoms with van der Waals surface area (Å²) in [7, 11) is -4.12. The third-order valence-electron chi connectivity index (χ3n) is 4.12. The van der Waals surface area contributed by atoms with Crippen LogP contribution in [0.4, 0.5) is 18.9 Å². The number of hydrogen-bond donors (Lipinski definition) is 0. The maximum Gasteiger partial charge on any atom is 0.573 e. The summed E-state index contributed by atoms with van der Waals surface area (Å²) in [6.07, 6.45) is -4.97. The van der Waals surface area contributed by atoms with Gasteiger partial charge in [0.05, 0.1) is 0 Å². The molecule has 0 radical (unpaired) electrons. The van der Waals surface area contributed by atoms with Gasteiger partial charge in [-0.05, 0) is 36.4 Å². The molecule has 1 heterocycles. The SMILES string of the molecule is O=S(=O)(c1ccccc1OC(F)(F)F)N1CCN(c2ccc(Cl)cc2)CC1. The number of halogens is 4. The third kappa shape index (κ3) is 4.66. The Morgan fingerprint density at radius 3 is 2.11 bits per heavy atom. The van der Waals surface area contributed by atoms with E-state index in [1.165, 1.54) is 12.1 Å². The molecular formula is C17H16ClF3N2O3S. The van der Waals surface area contributed by atoms with Crippen molar-refractivity contribution in [2.45, 2.75) is 11.3 Å². The van der Waals surface area contributed by atoms with Crippen molar-refractivity contribution in [3.05, 3.63) is 53.6 Å². The molecule has 1 fully saturated rings. The first-order valence-electron chi connectivity index (χ1n) is 8.02. The van der Waals surface area contributed by atoms with Crippen LogP contribution in [-0.4, -0.2) is 45.3 Å². The molecule has 0 bridgehead atoms. The number of para-hydroxylation sites is 1. The highest BCUT2D eigenvalue weighted by Gasteiger charge is 2.36. The Bertz CT molecular complexity index is 896. The molecule has 0 aromatic heterocycles. The first kappa shape index (κ1) is 19.8. The van der Waals surface area contributed by atoms with E-state index in [0.717, 1.165) is 22.1 Å². The predicted octanol–water partition coefficient (Wildman–Crippen LogP) is 3.75. The highest BCUT2D eigenvalue weighted by Crippen LogP contribution is 2.32. The molecule has 0 saturated carbocycles. The molecule has 0 unspecified atom stereocenters. The van der Waals surface area contributed by atoms with Gasteiger partial charge in [-0.15, -0.1) is 13.2 Å². The fourth-order valence-corrected chi connectivity index (χ4v) is 4.51. The monoisotopic (exact) mass is 420 g/mol. The van der Waals surface area contributed by atoms with E-state index >= 15 is 0 Å². The van der Waals surface area contributed by atoms with Gasteiger partial charge in [0.1, 0.15) is 10.6 Å². The first-order chi connectivity index (χ1) is 12.7. The van der Waals surface area contributed by atoms with Crippen molar-refractivity contribution in [1.82, 2.24) is 4.31 Å². The molecule has 27 heavy (non-hydrogen) atoms. The largest absolute Gasteiger partial charge is 0.573 e. The first-order valence-corrected chi connectivity index (χ1v) is 9.84. The van der Waals surface area contributed by atoms with Crippen molar-refractivity contribution in [3.8, 4) is 5.75 Å². The average molecular weight is 421 g/mol. The van der Waals surface area contributed by atoms with Crippen LogP contribution in [0.1, 0.15) is 0 Å². The molecule has 3 rings (SSSR count). The van der Waals surface area contributed by atoms with Crippen LogP contribution in [-0.2, 0) is 10.0 Å². The van der Waals surface area contributed by atoms with Crippen molar-refractivity contribution < 1.29 is 26.3 Å². The number of piperazine rings is 1. The van der Waals surface area contributed by atoms with E-state index in [4.69, 9.17) is 11.6 Å². The second-order valence-electron chi connectivity index (χ2n) is 5.86. The zero-order valence-corrected chi connectivity index (χ0v) is 15.6. The molecule has 1 aliphatic heterocycles. The van der Waals surface area contributed by atoms with Crippen LogP contribution in [0.15, 0.2) is 53.4 Å². The van der Waals surface area contributed by atoms with E-state index in [2.05, 4.69) is 4.74 Å². The molecule has 0 amide bonds. The molecule has 0 N–H and O–H groups in total. The van der Waals surface area contributed by atoms with Crippen molar-refractivity contribution in [2.75, 3.05) is 31.1 Å². The molecule has 0 atom stereocenters. The maximum absolute atomic E-state index is 12.8. The smallest absolute Gasteiger partial charge is 0.404 e. The molecule has 1 saturated heterocycles. The summed E-state index contributed by atoms with van der Waals surface area (Å²) < 4.78 is 68.4. The number of rotatable bonds is 4. The minimum atomic E-state index is -4.97. The Hall–Kier alpha value is -1.97. The van der Waals surface area contributed by atoms with Gasteiger partial charge in [0.25, 0.3) is 0 Å². The van der Waals surface area contributed by atoms with Crippen molar-refractivity contribution in [3.63, 3.8) is 0 Å². The molecule has 1 aliphatic rings. The zero-order valence-electron chi connectivity index (χ0n) is 14.0. The summed E-state index contributed by atoms with van der Waals surface area (Å²) in [4.78, 5) is 1.49. The van der Waals surface area contributed by atoms with Crippen LogP contribution >= 0.6 is 11.6 Å². The molecule has 10 heteroatoms. The van der Waals surface area contributed by atoms with Gasteiger partial charge in [0.2, 0.25) is 10.0 Å². The van der Waals surface area contributed by atoms with E-state index in [1.807, 2.05) is 17.0 Å². The lowest BCUT2D eigenvalue weighted by molar-refractivity contribution is -0.275. The third-order valence-corrected chi connectivity index (χ3v) is 6.31. The van der Waals surface area contributed by atoms with Crippen LogP contribution in [0.25, 0.3) is 0 Å². The maximum atomic E-state index is 12.8. The van der Waals surface area contributed by atoms with Crippen LogP contribution in [0.5, 0.6) is 5.75 Å². The van der Waals surface area contributed by atoms with Gasteiger partial charge in [-0.2, -0.15) is 4.31 Å². The van der Waals surface area contributed by atoms with Gasteiger partial charge >= 0.3 is 6.36 Å². The summed E-state index contributed by atoms with van der Waals surface area (Å²) in [5, 5.41) is 0.598. The quantitative estimate of drug-likeness (QED) is 0.756. The lowest BCUT2D eigenvalue weighted by Gasteiger charge is -2.35. The summed E-state index contributed by atoms with van der Waals surface area (Å²) >= 11 is 5.86. The second kappa shape index (κ2) is 7.57. The highest BCUT2D eigenvalue weighted by atomic mass is 35.5. The topological polar surface area (TPSA) is 49.9 Å². The molecule has 5 nitrogen and oxygen atoms in total. The fourth-order valence-electron chi connectivity index (χ4n) is 2.85. The van der Waals surface area contributed by atoms with Crippen LogP contribution in [0, 0.1) is 0 Å². The van der Waals surface area contributed by atoms with Gasteiger partial charge < -0.3 is 9.64 Å². The van der Waals surface area contributed by atoms with E-state index in [0.29, 0.717) is 18.1 Å². The minimum absolute atomic E-state index is 0.144. The number of alkyl halides is 3. The van der Waals surface area contributed by atoms with Crippen LogP contribution in [0.3, 0.4) is 0 Å². The number of anilines is 1. The average Bonchev–Trinajstić information content (AvgIpc) is 2.61. The van der Waals surface area contributed by atoms with E-state index in [9.17, 15) is 21.6 Å². The van der Waals surface area contributed by atoms with Gasteiger partial charge in [0, 0.05) is 36.9 Å². The fraction of sp³-hybridized carbons (Fsp3) is 0.294. The van der Waals surface area contributed by atoms with Crippen molar-refractivity contribution >= 4 is 27.3 Å². The summed E-state index contributed by atoms with van der Waals surface area (Å²) in [5.74, 6) is -0.731. The minimum Gasteiger partial charge on any atom is -0.404 e. The van der Waals surface area contributed by atoms with Crippen molar-refractivity contribution in [1.29, 1.82) is 0 Å². The van der Waals surface area contributed by atoms with Crippen LogP contribution in [0.2, 0.25) is 5.02 Å². The Morgan fingerprint density at radius 2 is 1.52 bits per heavy atom. The molecule has 2 aromatic carbocycles. The Kier molecular flexibility index (Phi) is 5.55. The van der Waals surface area contributed by atoms with Crippen LogP contribution < -0.4 is 9.64 Å². The zero-order chi connectivity index (χ0) is 19.7. The standard InChI is InChI=1S/C17H16ClF3N2O3S/c18-13-5-7-14(8-6-13)22-9-11-23(12-10-22)27(24,25)16-4-2-1-3-15(16)26-17(19,20)21/h1-8H,9-12H2. The Balaban J connectivity index is 1.77. The van der Waals surface area contributed by atoms with E-state index < -0.39 is 27.0 Å².